The Kier molecular flexibility index (Phi) is 5.30. The van der Waals surface area contributed by atoms with E-state index in [0.717, 1.165) is 39.9 Å². The average Bonchev–Trinajstić information content (AvgIpc) is 3.25. The summed E-state index contributed by atoms with van der Waals surface area (Å²) in [5, 5.41) is 4.29. The molecule has 0 bridgehead atoms. The first-order valence-corrected chi connectivity index (χ1v) is 13.7. The van der Waals surface area contributed by atoms with Gasteiger partial charge in [0.05, 0.1) is 43.6 Å². The third-order valence-electron chi connectivity index (χ3n) is 6.59. The van der Waals surface area contributed by atoms with E-state index in [2.05, 4.69) is 14.8 Å². The zero-order valence-electron chi connectivity index (χ0n) is 19.7. The standard InChI is InChI=1S/C23H24N6O5S2/c1-23(3-4-23)26-36(32,33)19-6-18-20(30)28(10-14-7-25-27(2)9-14)22(31)29(21(18)35-19)11-17-5-15-12-34-13-16(15)8-24-17/h5-9,26H,3-4,10-13H2,1-2H3. The topological polar surface area (TPSA) is 130 Å². The Bertz CT molecular complexity index is 1740. The molecule has 1 aliphatic carbocycles. The van der Waals surface area contributed by atoms with E-state index in [1.165, 1.54) is 10.6 Å². The van der Waals surface area contributed by atoms with Crippen LogP contribution in [0.15, 0.2) is 44.5 Å². The van der Waals surface area contributed by atoms with Gasteiger partial charge in [-0.25, -0.2) is 17.9 Å². The fourth-order valence-electron chi connectivity index (χ4n) is 4.35. The first kappa shape index (κ1) is 23.3. The van der Waals surface area contributed by atoms with Gasteiger partial charge in [-0.05, 0) is 37.5 Å². The lowest BCUT2D eigenvalue weighted by Gasteiger charge is -2.12. The molecule has 0 amide bonds. The van der Waals surface area contributed by atoms with E-state index in [0.29, 0.717) is 29.3 Å². The molecule has 188 valence electrons. The van der Waals surface area contributed by atoms with Crippen LogP contribution in [0, 0.1) is 0 Å². The maximum Gasteiger partial charge on any atom is 0.332 e. The third kappa shape index (κ3) is 4.11. The van der Waals surface area contributed by atoms with Crippen molar-refractivity contribution in [1.82, 2.24) is 28.6 Å². The van der Waals surface area contributed by atoms with Crippen molar-refractivity contribution in [2.45, 2.75) is 55.8 Å². The summed E-state index contributed by atoms with van der Waals surface area (Å²) in [6.07, 6.45) is 6.56. The smallest absolute Gasteiger partial charge is 0.332 e. The van der Waals surface area contributed by atoms with E-state index in [1.54, 1.807) is 30.3 Å². The maximum atomic E-state index is 13.6. The van der Waals surface area contributed by atoms with Gasteiger partial charge in [0.15, 0.2) is 0 Å². The molecule has 0 radical (unpaired) electrons. The molecule has 0 spiro atoms. The Hall–Kier alpha value is -3.13. The third-order valence-corrected chi connectivity index (χ3v) is 9.86. The monoisotopic (exact) mass is 528 g/mol. The van der Waals surface area contributed by atoms with E-state index < -0.39 is 26.8 Å². The second kappa shape index (κ2) is 8.20. The molecular formula is C23H24N6O5S2. The summed E-state index contributed by atoms with van der Waals surface area (Å²) < 4.78 is 38.5. The van der Waals surface area contributed by atoms with Crippen molar-refractivity contribution in [3.63, 3.8) is 0 Å². The largest absolute Gasteiger partial charge is 0.372 e. The van der Waals surface area contributed by atoms with Crippen LogP contribution >= 0.6 is 11.3 Å². The van der Waals surface area contributed by atoms with Crippen LogP contribution in [0.4, 0.5) is 0 Å². The second-order valence-electron chi connectivity index (χ2n) is 9.67. The zero-order valence-corrected chi connectivity index (χ0v) is 21.4. The number of hydrogen-bond donors (Lipinski definition) is 1. The highest BCUT2D eigenvalue weighted by atomic mass is 32.2. The van der Waals surface area contributed by atoms with Gasteiger partial charge in [0, 0.05) is 36.1 Å². The average molecular weight is 529 g/mol. The number of pyridine rings is 1. The summed E-state index contributed by atoms with van der Waals surface area (Å²) in [7, 11) is -2.10. The molecule has 36 heavy (non-hydrogen) atoms. The summed E-state index contributed by atoms with van der Waals surface area (Å²) in [5.74, 6) is 0. The Morgan fingerprint density at radius 3 is 2.61 bits per heavy atom. The Morgan fingerprint density at radius 1 is 1.11 bits per heavy atom. The fraction of sp³-hybridized carbons (Fsp3) is 0.391. The molecular weight excluding hydrogens is 504 g/mol. The lowest BCUT2D eigenvalue weighted by Crippen LogP contribution is -2.40. The molecule has 1 fully saturated rings. The molecule has 1 N–H and O–H groups in total. The molecule has 1 saturated carbocycles. The predicted molar refractivity (Wildman–Crippen MR) is 132 cm³/mol. The summed E-state index contributed by atoms with van der Waals surface area (Å²) in [6.45, 7) is 2.92. The van der Waals surface area contributed by atoms with Gasteiger partial charge in [-0.2, -0.15) is 5.10 Å². The Balaban J connectivity index is 1.51. The van der Waals surface area contributed by atoms with Gasteiger partial charge in [-0.1, -0.05) is 0 Å². The first-order chi connectivity index (χ1) is 17.1. The van der Waals surface area contributed by atoms with Gasteiger partial charge >= 0.3 is 5.69 Å². The van der Waals surface area contributed by atoms with Gasteiger partial charge in [0.2, 0.25) is 0 Å². The molecule has 2 aliphatic rings. The van der Waals surface area contributed by atoms with Crippen molar-refractivity contribution in [1.29, 1.82) is 0 Å². The second-order valence-corrected chi connectivity index (χ2v) is 12.6. The molecule has 5 heterocycles. The van der Waals surface area contributed by atoms with Crippen molar-refractivity contribution in [2.24, 2.45) is 7.05 Å². The number of nitrogens with zero attached hydrogens (tertiary/aromatic N) is 5. The van der Waals surface area contributed by atoms with Gasteiger partial charge in [0.1, 0.15) is 9.04 Å². The van der Waals surface area contributed by atoms with E-state index in [-0.39, 0.29) is 22.7 Å². The van der Waals surface area contributed by atoms with Gasteiger partial charge in [-0.3, -0.25) is 23.6 Å². The Labute approximate surface area is 210 Å². The van der Waals surface area contributed by atoms with Crippen molar-refractivity contribution in [3.8, 4) is 0 Å². The molecule has 0 atom stereocenters. The lowest BCUT2D eigenvalue weighted by molar-refractivity contribution is 0.134. The highest BCUT2D eigenvalue weighted by molar-refractivity contribution is 7.91. The highest BCUT2D eigenvalue weighted by Crippen LogP contribution is 2.37. The number of rotatable bonds is 7. The normalized spacial score (nSPS) is 16.5. The minimum absolute atomic E-state index is 0.00492. The number of aromatic nitrogens is 5. The molecule has 1 aliphatic heterocycles. The number of ether oxygens (including phenoxy) is 1. The van der Waals surface area contributed by atoms with Crippen LogP contribution in [0.25, 0.3) is 10.2 Å². The highest BCUT2D eigenvalue weighted by Gasteiger charge is 2.41. The van der Waals surface area contributed by atoms with Crippen LogP contribution in [0.5, 0.6) is 0 Å². The summed E-state index contributed by atoms with van der Waals surface area (Å²) >= 11 is 0.922. The van der Waals surface area contributed by atoms with E-state index >= 15 is 0 Å². The van der Waals surface area contributed by atoms with Crippen molar-refractivity contribution >= 4 is 31.6 Å². The van der Waals surface area contributed by atoms with E-state index in [1.807, 2.05) is 13.0 Å². The summed E-state index contributed by atoms with van der Waals surface area (Å²) in [5.41, 5.74) is 1.76. The zero-order chi connectivity index (χ0) is 25.2. The minimum atomic E-state index is -3.85. The van der Waals surface area contributed by atoms with E-state index in [4.69, 9.17) is 4.74 Å². The number of hydrogen-bond acceptors (Lipinski definition) is 8. The molecule has 0 saturated heterocycles. The quantitative estimate of drug-likeness (QED) is 0.383. The SMILES string of the molecule is Cn1cc(Cn2c(=O)c3cc(S(=O)(=O)NC4(C)CC4)sc3n(Cc3cc4c(cn3)COC4)c2=O)cn1. The molecule has 13 heteroatoms. The van der Waals surface area contributed by atoms with Gasteiger partial charge in [0.25, 0.3) is 15.6 Å². The summed E-state index contributed by atoms with van der Waals surface area (Å²) in [4.78, 5) is 31.9. The lowest BCUT2D eigenvalue weighted by atomic mass is 10.1. The predicted octanol–water partition coefficient (Wildman–Crippen LogP) is 1.31. The molecule has 6 rings (SSSR count). The molecule has 11 nitrogen and oxygen atoms in total. The van der Waals surface area contributed by atoms with Crippen LogP contribution < -0.4 is 16.0 Å². The molecule has 0 aromatic carbocycles. The van der Waals surface area contributed by atoms with Crippen molar-refractivity contribution in [3.05, 3.63) is 73.9 Å². The van der Waals surface area contributed by atoms with Crippen LogP contribution in [0.2, 0.25) is 0 Å². The Morgan fingerprint density at radius 2 is 1.89 bits per heavy atom. The van der Waals surface area contributed by atoms with E-state index in [9.17, 15) is 18.0 Å². The number of thiophene rings is 1. The van der Waals surface area contributed by atoms with Crippen LogP contribution in [0.1, 0.15) is 42.1 Å². The number of sulfonamides is 1. The van der Waals surface area contributed by atoms with Gasteiger partial charge in [-0.15, -0.1) is 11.3 Å². The number of fused-ring (bicyclic) bond motifs is 2. The number of nitrogens with one attached hydrogen (secondary N) is 1. The molecule has 0 unspecified atom stereocenters. The van der Waals surface area contributed by atoms with Crippen LogP contribution in [-0.2, 0) is 48.1 Å². The fourth-order valence-corrected chi connectivity index (χ4v) is 7.25. The van der Waals surface area contributed by atoms with Gasteiger partial charge < -0.3 is 4.74 Å². The number of aryl methyl sites for hydroxylation is 1. The van der Waals surface area contributed by atoms with Crippen LogP contribution in [-0.4, -0.2) is 37.9 Å². The molecule has 4 aromatic rings. The maximum absolute atomic E-state index is 13.6. The van der Waals surface area contributed by atoms with Crippen molar-refractivity contribution < 1.29 is 13.2 Å². The molecule has 4 aromatic heterocycles. The minimum Gasteiger partial charge on any atom is -0.372 e. The first-order valence-electron chi connectivity index (χ1n) is 11.4. The van der Waals surface area contributed by atoms with Crippen LogP contribution in [0.3, 0.4) is 0 Å². The van der Waals surface area contributed by atoms with Crippen molar-refractivity contribution in [2.75, 3.05) is 0 Å². The summed E-state index contributed by atoms with van der Waals surface area (Å²) in [6, 6.07) is 3.26.